The maximum Gasteiger partial charge on any atom is 0.124 e. The molecule has 14 heavy (non-hydrogen) atoms. The van der Waals surface area contributed by atoms with Crippen LogP contribution in [0.15, 0.2) is 18.2 Å². The molecule has 80 valence electrons. The lowest BCUT2D eigenvalue weighted by molar-refractivity contribution is 0.626. The first kappa shape index (κ1) is 13.4. The monoisotopic (exact) mass is 217 g/mol. The van der Waals surface area contributed by atoms with E-state index in [1.165, 1.54) is 12.1 Å². The van der Waals surface area contributed by atoms with Crippen LogP contribution < -0.4 is 5.32 Å². The van der Waals surface area contributed by atoms with Gasteiger partial charge in [0.15, 0.2) is 0 Å². The Hall–Kier alpha value is -0.600. The van der Waals surface area contributed by atoms with Crippen LogP contribution in [0.2, 0.25) is 5.02 Å². The van der Waals surface area contributed by atoms with Gasteiger partial charge in [-0.05, 0) is 24.2 Å². The van der Waals surface area contributed by atoms with E-state index in [4.69, 9.17) is 11.6 Å². The second-order valence-electron chi connectivity index (χ2n) is 2.52. The SMILES string of the molecule is CC.CCNCc1ccc(F)cc1Cl. The first-order chi connectivity index (χ1) is 6.74. The van der Waals surface area contributed by atoms with Crippen LogP contribution in [0.3, 0.4) is 0 Å². The van der Waals surface area contributed by atoms with Crippen molar-refractivity contribution in [2.24, 2.45) is 0 Å². The second kappa shape index (κ2) is 7.77. The Morgan fingerprint density at radius 3 is 2.50 bits per heavy atom. The van der Waals surface area contributed by atoms with E-state index in [2.05, 4.69) is 5.32 Å². The third-order valence-electron chi connectivity index (χ3n) is 1.58. The van der Waals surface area contributed by atoms with Gasteiger partial charge >= 0.3 is 0 Å². The predicted octanol–water partition coefficient (Wildman–Crippen LogP) is 3.61. The molecule has 1 rings (SSSR count). The molecule has 0 aliphatic rings. The average molecular weight is 218 g/mol. The summed E-state index contributed by atoms with van der Waals surface area (Å²) >= 11 is 5.79. The van der Waals surface area contributed by atoms with Crippen molar-refractivity contribution in [1.82, 2.24) is 5.32 Å². The fraction of sp³-hybridized carbons (Fsp3) is 0.455. The summed E-state index contributed by atoms with van der Waals surface area (Å²) in [4.78, 5) is 0. The van der Waals surface area contributed by atoms with Gasteiger partial charge in [-0.25, -0.2) is 4.39 Å². The molecule has 0 bridgehead atoms. The molecule has 1 aromatic carbocycles. The molecular formula is C11H17ClFN. The average Bonchev–Trinajstić information content (AvgIpc) is 2.20. The van der Waals surface area contributed by atoms with Crippen LogP contribution in [-0.4, -0.2) is 6.54 Å². The van der Waals surface area contributed by atoms with Gasteiger partial charge in [0.1, 0.15) is 5.82 Å². The first-order valence-corrected chi connectivity index (χ1v) is 5.26. The number of halogens is 2. The molecule has 0 saturated carbocycles. The van der Waals surface area contributed by atoms with Gasteiger partial charge in [0.25, 0.3) is 0 Å². The maximum atomic E-state index is 12.6. The molecule has 1 N–H and O–H groups in total. The van der Waals surface area contributed by atoms with E-state index in [-0.39, 0.29) is 5.82 Å². The van der Waals surface area contributed by atoms with E-state index in [9.17, 15) is 4.39 Å². The Labute approximate surface area is 90.3 Å². The van der Waals surface area contributed by atoms with Crippen LogP contribution in [0.25, 0.3) is 0 Å². The molecule has 1 nitrogen and oxygen atoms in total. The summed E-state index contributed by atoms with van der Waals surface area (Å²) in [7, 11) is 0. The van der Waals surface area contributed by atoms with E-state index in [1.807, 2.05) is 20.8 Å². The molecule has 3 heteroatoms. The molecule has 0 amide bonds. The van der Waals surface area contributed by atoms with Crippen molar-refractivity contribution in [3.05, 3.63) is 34.6 Å². The van der Waals surface area contributed by atoms with Gasteiger partial charge < -0.3 is 5.32 Å². The van der Waals surface area contributed by atoms with Crippen molar-refractivity contribution in [1.29, 1.82) is 0 Å². The zero-order chi connectivity index (χ0) is 11.0. The van der Waals surface area contributed by atoms with Gasteiger partial charge in [-0.15, -0.1) is 0 Å². The van der Waals surface area contributed by atoms with Crippen molar-refractivity contribution < 1.29 is 4.39 Å². The van der Waals surface area contributed by atoms with Crippen molar-refractivity contribution in [2.75, 3.05) is 6.54 Å². The summed E-state index contributed by atoms with van der Waals surface area (Å²) in [5.41, 5.74) is 0.930. The molecule has 0 spiro atoms. The predicted molar refractivity (Wildman–Crippen MR) is 60.1 cm³/mol. The van der Waals surface area contributed by atoms with E-state index >= 15 is 0 Å². The standard InChI is InChI=1S/C9H11ClFN.C2H6/c1-2-12-6-7-3-4-8(11)5-9(7)10;1-2/h3-5,12H,2,6H2,1H3;1-2H3. The van der Waals surface area contributed by atoms with Gasteiger partial charge in [0.05, 0.1) is 0 Å². The lowest BCUT2D eigenvalue weighted by Crippen LogP contribution is -2.11. The zero-order valence-corrected chi connectivity index (χ0v) is 9.66. The van der Waals surface area contributed by atoms with Crippen molar-refractivity contribution in [3.8, 4) is 0 Å². The van der Waals surface area contributed by atoms with E-state index in [0.29, 0.717) is 11.6 Å². The lowest BCUT2D eigenvalue weighted by Gasteiger charge is -2.03. The summed E-state index contributed by atoms with van der Waals surface area (Å²) < 4.78 is 12.6. The van der Waals surface area contributed by atoms with Crippen molar-refractivity contribution in [2.45, 2.75) is 27.3 Å². The molecule has 0 heterocycles. The highest BCUT2D eigenvalue weighted by atomic mass is 35.5. The second-order valence-corrected chi connectivity index (χ2v) is 2.92. The summed E-state index contributed by atoms with van der Waals surface area (Å²) in [6.45, 7) is 7.58. The van der Waals surface area contributed by atoms with E-state index < -0.39 is 0 Å². The molecule has 1 aromatic rings. The van der Waals surface area contributed by atoms with Gasteiger partial charge in [0, 0.05) is 11.6 Å². The molecule has 0 aliphatic carbocycles. The lowest BCUT2D eigenvalue weighted by atomic mass is 10.2. The minimum absolute atomic E-state index is 0.291. The Morgan fingerprint density at radius 2 is 2.00 bits per heavy atom. The molecule has 0 radical (unpaired) electrons. The normalized spacial score (nSPS) is 9.21. The fourth-order valence-corrected chi connectivity index (χ4v) is 1.16. The quantitative estimate of drug-likeness (QED) is 0.816. The molecule has 0 saturated heterocycles. The number of hydrogen-bond donors (Lipinski definition) is 1. The van der Waals surface area contributed by atoms with Crippen LogP contribution in [0.1, 0.15) is 26.3 Å². The van der Waals surface area contributed by atoms with E-state index in [0.717, 1.165) is 12.1 Å². The van der Waals surface area contributed by atoms with Crippen LogP contribution >= 0.6 is 11.6 Å². The number of nitrogens with one attached hydrogen (secondary N) is 1. The summed E-state index contributed by atoms with van der Waals surface area (Å²) in [6, 6.07) is 4.44. The molecule has 0 aliphatic heterocycles. The maximum absolute atomic E-state index is 12.6. The topological polar surface area (TPSA) is 12.0 Å². The minimum atomic E-state index is -0.291. The number of hydrogen-bond acceptors (Lipinski definition) is 1. The Morgan fingerprint density at radius 1 is 1.36 bits per heavy atom. The first-order valence-electron chi connectivity index (χ1n) is 4.88. The highest BCUT2D eigenvalue weighted by molar-refractivity contribution is 6.31. The third-order valence-corrected chi connectivity index (χ3v) is 1.93. The largest absolute Gasteiger partial charge is 0.313 e. The summed E-state index contributed by atoms with van der Waals surface area (Å²) in [6.07, 6.45) is 0. The molecule has 0 unspecified atom stereocenters. The molecular weight excluding hydrogens is 201 g/mol. The molecule has 0 fully saturated rings. The number of rotatable bonds is 3. The van der Waals surface area contributed by atoms with Gasteiger partial charge in [-0.3, -0.25) is 0 Å². The van der Waals surface area contributed by atoms with Crippen LogP contribution in [0, 0.1) is 5.82 Å². The highest BCUT2D eigenvalue weighted by Crippen LogP contribution is 2.16. The summed E-state index contributed by atoms with van der Waals surface area (Å²) in [5.74, 6) is -0.291. The van der Waals surface area contributed by atoms with Crippen molar-refractivity contribution >= 4 is 11.6 Å². The smallest absolute Gasteiger partial charge is 0.124 e. The summed E-state index contributed by atoms with van der Waals surface area (Å²) in [5, 5.41) is 3.60. The highest BCUT2D eigenvalue weighted by Gasteiger charge is 1.99. The Balaban J connectivity index is 0.000000791. The zero-order valence-electron chi connectivity index (χ0n) is 8.90. The van der Waals surface area contributed by atoms with Gasteiger partial charge in [-0.2, -0.15) is 0 Å². The Bertz CT molecular complexity index is 263. The van der Waals surface area contributed by atoms with Crippen molar-refractivity contribution in [3.63, 3.8) is 0 Å². The van der Waals surface area contributed by atoms with Gasteiger partial charge in [0.2, 0.25) is 0 Å². The Kier molecular flexibility index (Phi) is 7.44. The molecule has 0 atom stereocenters. The van der Waals surface area contributed by atoms with Crippen LogP contribution in [-0.2, 0) is 6.54 Å². The van der Waals surface area contributed by atoms with Gasteiger partial charge in [-0.1, -0.05) is 38.4 Å². The fourth-order valence-electron chi connectivity index (χ4n) is 0.925. The van der Waals surface area contributed by atoms with Crippen LogP contribution in [0.5, 0.6) is 0 Å². The third kappa shape index (κ3) is 4.58. The molecule has 0 aromatic heterocycles. The number of benzene rings is 1. The van der Waals surface area contributed by atoms with Crippen LogP contribution in [0.4, 0.5) is 4.39 Å². The van der Waals surface area contributed by atoms with E-state index in [1.54, 1.807) is 6.07 Å². The minimum Gasteiger partial charge on any atom is -0.313 e.